The third-order valence-electron chi connectivity index (χ3n) is 2.05. The summed E-state index contributed by atoms with van der Waals surface area (Å²) in [6.07, 6.45) is -5.20. The van der Waals surface area contributed by atoms with Crippen LogP contribution in [0.3, 0.4) is 0 Å². The van der Waals surface area contributed by atoms with Gasteiger partial charge >= 0.3 is 6.18 Å². The third kappa shape index (κ3) is 4.73. The molecule has 2 nitrogen and oxygen atoms in total. The molecule has 1 aromatic carbocycles. The second-order valence-corrected chi connectivity index (χ2v) is 3.59. The summed E-state index contributed by atoms with van der Waals surface area (Å²) in [5.74, 6) is 1.09. The highest BCUT2D eigenvalue weighted by Gasteiger charge is 2.26. The van der Waals surface area contributed by atoms with Crippen LogP contribution in [0.1, 0.15) is 12.0 Å². The summed E-state index contributed by atoms with van der Waals surface area (Å²) in [5.41, 5.74) is 0.605. The van der Waals surface area contributed by atoms with Gasteiger partial charge in [0, 0.05) is 5.56 Å². The van der Waals surface area contributed by atoms with Crippen molar-refractivity contribution in [1.82, 2.24) is 0 Å². The lowest BCUT2D eigenvalue weighted by Gasteiger charge is -2.12. The Kier molecular flexibility index (Phi) is 4.93. The van der Waals surface area contributed by atoms with Crippen LogP contribution < -0.4 is 9.47 Å². The molecule has 0 aromatic heterocycles. The lowest BCUT2D eigenvalue weighted by atomic mass is 10.2. The van der Waals surface area contributed by atoms with Crippen molar-refractivity contribution in [3.63, 3.8) is 0 Å². The van der Waals surface area contributed by atoms with Crippen LogP contribution in [0.4, 0.5) is 13.2 Å². The van der Waals surface area contributed by atoms with Gasteiger partial charge in [0.2, 0.25) is 0 Å². The van der Waals surface area contributed by atoms with E-state index in [-0.39, 0.29) is 5.88 Å². The molecule has 96 valence electrons. The van der Waals surface area contributed by atoms with Crippen molar-refractivity contribution >= 4 is 11.6 Å². The van der Waals surface area contributed by atoms with E-state index in [1.165, 1.54) is 7.11 Å². The van der Waals surface area contributed by atoms with Crippen LogP contribution in [-0.2, 0) is 5.88 Å². The van der Waals surface area contributed by atoms with Crippen LogP contribution in [0.15, 0.2) is 18.2 Å². The maximum atomic E-state index is 11.9. The number of halogens is 4. The number of benzene rings is 1. The molecule has 0 atom stereocenters. The molecule has 0 amide bonds. The Morgan fingerprint density at radius 2 is 2.00 bits per heavy atom. The molecular weight excluding hydrogens is 257 g/mol. The molecule has 0 saturated heterocycles. The molecule has 0 radical (unpaired) electrons. The summed E-state index contributed by atoms with van der Waals surface area (Å²) >= 11 is 5.67. The summed E-state index contributed by atoms with van der Waals surface area (Å²) in [6.45, 7) is -0.417. The molecule has 0 saturated carbocycles. The van der Waals surface area contributed by atoms with E-state index in [4.69, 9.17) is 21.1 Å². The lowest BCUT2D eigenvalue weighted by Crippen LogP contribution is -2.13. The van der Waals surface area contributed by atoms with Gasteiger partial charge in [-0.25, -0.2) is 0 Å². The molecule has 0 heterocycles. The Morgan fingerprint density at radius 3 is 2.53 bits per heavy atom. The number of ether oxygens (including phenoxy) is 2. The van der Waals surface area contributed by atoms with Crippen LogP contribution in [0, 0.1) is 0 Å². The van der Waals surface area contributed by atoms with Crippen LogP contribution in [0.5, 0.6) is 11.5 Å². The van der Waals surface area contributed by atoms with Gasteiger partial charge in [-0.2, -0.15) is 13.2 Å². The smallest absolute Gasteiger partial charge is 0.392 e. The van der Waals surface area contributed by atoms with E-state index in [1.807, 2.05) is 0 Å². The van der Waals surface area contributed by atoms with E-state index >= 15 is 0 Å². The lowest BCUT2D eigenvalue weighted by molar-refractivity contribution is -0.139. The highest BCUT2D eigenvalue weighted by atomic mass is 35.5. The zero-order chi connectivity index (χ0) is 12.9. The van der Waals surface area contributed by atoms with Crippen molar-refractivity contribution in [2.45, 2.75) is 18.5 Å². The monoisotopic (exact) mass is 268 g/mol. The molecule has 0 unspecified atom stereocenters. The van der Waals surface area contributed by atoms with Crippen molar-refractivity contribution < 1.29 is 22.6 Å². The van der Waals surface area contributed by atoms with E-state index in [2.05, 4.69) is 0 Å². The van der Waals surface area contributed by atoms with E-state index in [0.29, 0.717) is 17.1 Å². The number of hydrogen-bond acceptors (Lipinski definition) is 2. The number of hydrogen-bond donors (Lipinski definition) is 0. The van der Waals surface area contributed by atoms with E-state index < -0.39 is 19.2 Å². The predicted octanol–water partition coefficient (Wildman–Crippen LogP) is 3.77. The molecule has 1 aromatic rings. The average molecular weight is 269 g/mol. The summed E-state index contributed by atoms with van der Waals surface area (Å²) in [4.78, 5) is 0. The Labute approximate surface area is 102 Å². The second kappa shape index (κ2) is 6.00. The third-order valence-corrected chi connectivity index (χ3v) is 2.34. The molecule has 0 fully saturated rings. The Balaban J connectivity index is 2.64. The summed E-state index contributed by atoms with van der Waals surface area (Å²) in [6, 6.07) is 4.79. The molecule has 17 heavy (non-hydrogen) atoms. The van der Waals surface area contributed by atoms with Crippen LogP contribution in [0.25, 0.3) is 0 Å². The van der Waals surface area contributed by atoms with Crippen molar-refractivity contribution in [2.75, 3.05) is 13.7 Å². The van der Waals surface area contributed by atoms with Gasteiger partial charge in [0.25, 0.3) is 0 Å². The van der Waals surface area contributed by atoms with Gasteiger partial charge in [0.15, 0.2) is 0 Å². The zero-order valence-electron chi connectivity index (χ0n) is 9.18. The Bertz CT molecular complexity index is 366. The van der Waals surface area contributed by atoms with E-state index in [1.54, 1.807) is 18.2 Å². The summed E-state index contributed by atoms with van der Waals surface area (Å²) in [7, 11) is 1.50. The minimum Gasteiger partial charge on any atom is -0.497 e. The molecule has 1 rings (SSSR count). The Morgan fingerprint density at radius 1 is 1.29 bits per heavy atom. The zero-order valence-corrected chi connectivity index (χ0v) is 9.94. The first-order chi connectivity index (χ1) is 7.96. The molecular formula is C11H12ClF3O2. The van der Waals surface area contributed by atoms with Crippen molar-refractivity contribution in [2.24, 2.45) is 0 Å². The molecule has 6 heteroatoms. The molecule has 0 aliphatic rings. The normalized spacial score (nSPS) is 11.4. The van der Waals surface area contributed by atoms with Crippen LogP contribution >= 0.6 is 11.6 Å². The highest BCUT2D eigenvalue weighted by Crippen LogP contribution is 2.27. The standard InChI is InChI=1S/C11H12ClF3O2/c1-16-9-2-3-10(8(6-9)7-12)17-5-4-11(13,14)15/h2-3,6H,4-5,7H2,1H3. The molecule has 0 N–H and O–H groups in total. The van der Waals surface area contributed by atoms with E-state index in [9.17, 15) is 13.2 Å². The van der Waals surface area contributed by atoms with Gasteiger partial charge in [-0.05, 0) is 18.2 Å². The van der Waals surface area contributed by atoms with Crippen LogP contribution in [-0.4, -0.2) is 19.9 Å². The van der Waals surface area contributed by atoms with Crippen molar-refractivity contribution in [3.05, 3.63) is 23.8 Å². The quantitative estimate of drug-likeness (QED) is 0.757. The molecule has 0 bridgehead atoms. The highest BCUT2D eigenvalue weighted by molar-refractivity contribution is 6.17. The first kappa shape index (κ1) is 14.0. The minimum atomic E-state index is -4.21. The molecule has 0 aliphatic carbocycles. The average Bonchev–Trinajstić information content (AvgIpc) is 2.27. The number of alkyl halides is 4. The van der Waals surface area contributed by atoms with Gasteiger partial charge in [0.05, 0.1) is 26.0 Å². The van der Waals surface area contributed by atoms with Crippen molar-refractivity contribution in [3.8, 4) is 11.5 Å². The largest absolute Gasteiger partial charge is 0.497 e. The fourth-order valence-corrected chi connectivity index (χ4v) is 1.41. The number of rotatable bonds is 5. The van der Waals surface area contributed by atoms with Gasteiger partial charge < -0.3 is 9.47 Å². The second-order valence-electron chi connectivity index (χ2n) is 3.32. The summed E-state index contributed by atoms with van der Waals surface area (Å²) < 4.78 is 45.8. The van der Waals surface area contributed by atoms with Crippen LogP contribution in [0.2, 0.25) is 0 Å². The topological polar surface area (TPSA) is 18.5 Å². The predicted molar refractivity (Wildman–Crippen MR) is 58.7 cm³/mol. The first-order valence-corrected chi connectivity index (χ1v) is 5.42. The molecule has 0 spiro atoms. The first-order valence-electron chi connectivity index (χ1n) is 4.88. The van der Waals surface area contributed by atoms with E-state index in [0.717, 1.165) is 0 Å². The van der Waals surface area contributed by atoms with Gasteiger partial charge in [-0.3, -0.25) is 0 Å². The maximum Gasteiger partial charge on any atom is 0.392 e. The summed E-state index contributed by atoms with van der Waals surface area (Å²) in [5, 5.41) is 0. The maximum absolute atomic E-state index is 11.9. The fraction of sp³-hybridized carbons (Fsp3) is 0.455. The van der Waals surface area contributed by atoms with Gasteiger partial charge in [0.1, 0.15) is 11.5 Å². The van der Waals surface area contributed by atoms with Gasteiger partial charge in [-0.1, -0.05) is 0 Å². The Hall–Kier alpha value is -1.10. The molecule has 0 aliphatic heterocycles. The fourth-order valence-electron chi connectivity index (χ4n) is 1.20. The SMILES string of the molecule is COc1ccc(OCCC(F)(F)F)c(CCl)c1. The van der Waals surface area contributed by atoms with Crippen molar-refractivity contribution in [1.29, 1.82) is 0 Å². The van der Waals surface area contributed by atoms with Gasteiger partial charge in [-0.15, -0.1) is 11.6 Å². The number of methoxy groups -OCH3 is 1. The minimum absolute atomic E-state index is 0.151.